The van der Waals surface area contributed by atoms with Crippen molar-refractivity contribution in [3.05, 3.63) is 90.0 Å². The maximum atomic E-state index is 14.6. The van der Waals surface area contributed by atoms with Gasteiger partial charge in [0, 0.05) is 30.9 Å². The van der Waals surface area contributed by atoms with E-state index >= 15 is 0 Å². The minimum absolute atomic E-state index is 0.0482. The van der Waals surface area contributed by atoms with Gasteiger partial charge in [-0.2, -0.15) is 5.10 Å². The van der Waals surface area contributed by atoms with Crippen LogP contribution in [-0.4, -0.2) is 29.7 Å². The van der Waals surface area contributed by atoms with Gasteiger partial charge in [-0.15, -0.1) is 0 Å². The van der Waals surface area contributed by atoms with Crippen molar-refractivity contribution in [1.29, 1.82) is 0 Å². The van der Waals surface area contributed by atoms with E-state index in [1.54, 1.807) is 60.7 Å². The van der Waals surface area contributed by atoms with Crippen molar-refractivity contribution in [3.63, 3.8) is 0 Å². The third kappa shape index (κ3) is 4.11. The van der Waals surface area contributed by atoms with E-state index in [1.165, 1.54) is 12.4 Å². The Kier molecular flexibility index (Phi) is 5.72. The van der Waals surface area contributed by atoms with Crippen LogP contribution < -0.4 is 10.1 Å². The molecule has 0 spiro atoms. The second-order valence-electron chi connectivity index (χ2n) is 7.23. The molecule has 5 rings (SSSR count). The first kappa shape index (κ1) is 21.7. The lowest BCUT2D eigenvalue weighted by Crippen LogP contribution is -2.09. The lowest BCUT2D eigenvalue weighted by atomic mass is 10.1. The maximum Gasteiger partial charge on any atom is 0.168 e. The first-order valence-corrected chi connectivity index (χ1v) is 10.5. The molecule has 0 aliphatic heterocycles. The summed E-state index contributed by atoms with van der Waals surface area (Å²) in [5, 5.41) is 7.01. The number of rotatable bonds is 6. The second kappa shape index (κ2) is 8.99. The van der Waals surface area contributed by atoms with Crippen LogP contribution in [0.1, 0.15) is 18.9 Å². The summed E-state index contributed by atoms with van der Waals surface area (Å²) in [6, 6.07) is 9.36. The number of anilines is 2. The van der Waals surface area contributed by atoms with Gasteiger partial charge in [0.15, 0.2) is 17.7 Å². The summed E-state index contributed by atoms with van der Waals surface area (Å²) in [7, 11) is 0. The Hall–Kier alpha value is -4.18. The number of nitrogens with zero attached hydrogens (tertiary/aromatic N) is 6. The molecule has 34 heavy (non-hydrogen) atoms. The Morgan fingerprint density at radius 2 is 1.85 bits per heavy atom. The standard InChI is InChI=1S/C23H16ClF2N7O/c1-13(22-27-6-2-7-28-22)34-18-11-14(33-9-3-8-31-33)10-17-19(18)23(30-12-29-17)32-16-5-4-15(25)20(24)21(16)26/h2-13H,1H3,(H,29,30,32)/t13-/m0/s1. The fraction of sp³-hybridized carbons (Fsp3) is 0.0870. The number of ether oxygens (including phenoxy) is 1. The minimum Gasteiger partial charge on any atom is -0.482 e. The summed E-state index contributed by atoms with van der Waals surface area (Å²) < 4.78 is 36.1. The topological polar surface area (TPSA) is 90.6 Å². The van der Waals surface area contributed by atoms with Gasteiger partial charge in [-0.25, -0.2) is 33.4 Å². The summed E-state index contributed by atoms with van der Waals surface area (Å²) in [5.74, 6) is -0.686. The molecule has 0 aliphatic rings. The van der Waals surface area contributed by atoms with Crippen LogP contribution in [0, 0.1) is 11.6 Å². The number of halogens is 3. The molecular weight excluding hydrogens is 464 g/mol. The molecule has 11 heteroatoms. The van der Waals surface area contributed by atoms with Crippen LogP contribution in [0.15, 0.2) is 67.5 Å². The fourth-order valence-electron chi connectivity index (χ4n) is 3.40. The quantitative estimate of drug-likeness (QED) is 0.325. The zero-order valence-corrected chi connectivity index (χ0v) is 18.4. The molecular formula is C23H16ClF2N7O. The fourth-order valence-corrected chi connectivity index (χ4v) is 3.56. The molecule has 0 radical (unpaired) electrons. The summed E-state index contributed by atoms with van der Waals surface area (Å²) >= 11 is 5.74. The summed E-state index contributed by atoms with van der Waals surface area (Å²) in [5.41, 5.74) is 1.15. The van der Waals surface area contributed by atoms with Crippen LogP contribution in [0.4, 0.5) is 20.3 Å². The first-order chi connectivity index (χ1) is 16.5. The van der Waals surface area contributed by atoms with Crippen LogP contribution in [0.5, 0.6) is 5.75 Å². The van der Waals surface area contributed by atoms with Gasteiger partial charge in [-0.3, -0.25) is 0 Å². The van der Waals surface area contributed by atoms with Crippen LogP contribution in [0.2, 0.25) is 5.02 Å². The number of hydrogen-bond donors (Lipinski definition) is 1. The largest absolute Gasteiger partial charge is 0.482 e. The Morgan fingerprint density at radius 1 is 1.03 bits per heavy atom. The van der Waals surface area contributed by atoms with E-state index in [4.69, 9.17) is 16.3 Å². The van der Waals surface area contributed by atoms with Gasteiger partial charge in [0.2, 0.25) is 0 Å². The zero-order valence-electron chi connectivity index (χ0n) is 17.7. The van der Waals surface area contributed by atoms with E-state index in [-0.39, 0.29) is 11.5 Å². The van der Waals surface area contributed by atoms with Gasteiger partial charge in [0.1, 0.15) is 28.7 Å². The highest BCUT2D eigenvalue weighted by Crippen LogP contribution is 2.37. The molecule has 0 unspecified atom stereocenters. The number of fused-ring (bicyclic) bond motifs is 1. The molecule has 3 heterocycles. The Bertz CT molecular complexity index is 1470. The first-order valence-electron chi connectivity index (χ1n) is 10.1. The van der Waals surface area contributed by atoms with Crippen molar-refractivity contribution < 1.29 is 13.5 Å². The molecule has 0 amide bonds. The summed E-state index contributed by atoms with van der Waals surface area (Å²) in [4.78, 5) is 17.1. The zero-order chi connectivity index (χ0) is 23.7. The molecule has 0 aliphatic carbocycles. The van der Waals surface area contributed by atoms with Crippen LogP contribution in [-0.2, 0) is 0 Å². The van der Waals surface area contributed by atoms with Crippen LogP contribution in [0.25, 0.3) is 16.6 Å². The van der Waals surface area contributed by atoms with Crippen molar-refractivity contribution >= 4 is 34.0 Å². The van der Waals surface area contributed by atoms with Crippen molar-refractivity contribution in [2.24, 2.45) is 0 Å². The highest BCUT2D eigenvalue weighted by Gasteiger charge is 2.19. The van der Waals surface area contributed by atoms with E-state index in [1.807, 2.05) is 0 Å². The molecule has 5 aromatic rings. The lowest BCUT2D eigenvalue weighted by Gasteiger charge is -2.18. The SMILES string of the molecule is C[C@H](Oc1cc(-n2cccn2)cc2ncnc(Nc3ccc(F)c(Cl)c3F)c12)c1ncccn1. The number of nitrogens with one attached hydrogen (secondary N) is 1. The third-order valence-electron chi connectivity index (χ3n) is 5.00. The number of aromatic nitrogens is 6. The monoisotopic (exact) mass is 479 g/mol. The van der Waals surface area contributed by atoms with Gasteiger partial charge in [-0.05, 0) is 37.3 Å². The van der Waals surface area contributed by atoms with Crippen molar-refractivity contribution in [2.45, 2.75) is 13.0 Å². The summed E-state index contributed by atoms with van der Waals surface area (Å²) in [6.07, 6.45) is 7.48. The van der Waals surface area contributed by atoms with Crippen LogP contribution in [0.3, 0.4) is 0 Å². The number of hydrogen-bond acceptors (Lipinski definition) is 7. The molecule has 2 aromatic carbocycles. The molecule has 1 N–H and O–H groups in total. The molecule has 0 bridgehead atoms. The summed E-state index contributed by atoms with van der Waals surface area (Å²) in [6.45, 7) is 1.80. The van der Waals surface area contributed by atoms with E-state index in [0.717, 1.165) is 6.07 Å². The highest BCUT2D eigenvalue weighted by atomic mass is 35.5. The Morgan fingerprint density at radius 3 is 2.62 bits per heavy atom. The van der Waals surface area contributed by atoms with E-state index in [2.05, 4.69) is 30.4 Å². The van der Waals surface area contributed by atoms with Gasteiger partial charge in [-0.1, -0.05) is 11.6 Å². The van der Waals surface area contributed by atoms with Crippen molar-refractivity contribution in [3.8, 4) is 11.4 Å². The van der Waals surface area contributed by atoms with E-state index in [9.17, 15) is 8.78 Å². The maximum absolute atomic E-state index is 14.6. The molecule has 0 saturated heterocycles. The highest BCUT2D eigenvalue weighted by molar-refractivity contribution is 6.31. The van der Waals surface area contributed by atoms with Gasteiger partial charge in [0.25, 0.3) is 0 Å². The van der Waals surface area contributed by atoms with Crippen molar-refractivity contribution in [2.75, 3.05) is 5.32 Å². The van der Waals surface area contributed by atoms with Crippen molar-refractivity contribution in [1.82, 2.24) is 29.7 Å². The molecule has 8 nitrogen and oxygen atoms in total. The number of benzene rings is 2. The van der Waals surface area contributed by atoms with Gasteiger partial charge >= 0.3 is 0 Å². The molecule has 1 atom stereocenters. The van der Waals surface area contributed by atoms with Gasteiger partial charge in [0.05, 0.1) is 22.3 Å². The minimum atomic E-state index is -0.935. The predicted octanol–water partition coefficient (Wildman–Crippen LogP) is 5.42. The predicted molar refractivity (Wildman–Crippen MR) is 122 cm³/mol. The molecule has 3 aromatic heterocycles. The Balaban J connectivity index is 1.65. The smallest absolute Gasteiger partial charge is 0.168 e. The van der Waals surface area contributed by atoms with E-state index in [0.29, 0.717) is 28.2 Å². The third-order valence-corrected chi connectivity index (χ3v) is 5.34. The molecule has 0 saturated carbocycles. The van der Waals surface area contributed by atoms with Crippen LogP contribution >= 0.6 is 11.6 Å². The normalized spacial score (nSPS) is 12.0. The average molecular weight is 480 g/mol. The molecule has 0 fully saturated rings. The second-order valence-corrected chi connectivity index (χ2v) is 7.60. The Labute approximate surface area is 197 Å². The van der Waals surface area contributed by atoms with Gasteiger partial charge < -0.3 is 10.1 Å². The average Bonchev–Trinajstić information content (AvgIpc) is 3.40. The molecule has 170 valence electrons. The van der Waals surface area contributed by atoms with E-state index < -0.39 is 22.8 Å². The lowest BCUT2D eigenvalue weighted by molar-refractivity contribution is 0.219.